The van der Waals surface area contributed by atoms with Crippen molar-refractivity contribution in [3.8, 4) is 0 Å². The molecule has 0 amide bonds. The minimum Gasteiger partial charge on any atom is -0.368 e. The Bertz CT molecular complexity index is 1070. The molecule has 0 spiro atoms. The van der Waals surface area contributed by atoms with Gasteiger partial charge in [-0.15, -0.1) is 11.3 Å². The van der Waals surface area contributed by atoms with Gasteiger partial charge in [0.05, 0.1) is 5.39 Å². The summed E-state index contributed by atoms with van der Waals surface area (Å²) in [5.41, 5.74) is 2.60. The summed E-state index contributed by atoms with van der Waals surface area (Å²) in [5.74, 6) is 3.23. The maximum Gasteiger partial charge on any atom is 0.141 e. The fraction of sp³-hybridized carbons (Fsp3) is 0.520. The van der Waals surface area contributed by atoms with Crippen LogP contribution in [0.15, 0.2) is 24.3 Å². The number of thiophene rings is 1. The van der Waals surface area contributed by atoms with E-state index in [2.05, 4.69) is 30.6 Å². The van der Waals surface area contributed by atoms with E-state index in [-0.39, 0.29) is 5.82 Å². The molecular formula is C25H31FN4S. The lowest BCUT2D eigenvalue weighted by atomic mass is 9.89. The molecule has 2 aromatic heterocycles. The third kappa shape index (κ3) is 4.14. The molecule has 2 aliphatic rings. The molecule has 1 aliphatic carbocycles. The van der Waals surface area contributed by atoms with E-state index in [1.165, 1.54) is 33.5 Å². The first-order valence-corrected chi connectivity index (χ1v) is 12.4. The number of anilines is 2. The lowest BCUT2D eigenvalue weighted by molar-refractivity contribution is 0.509. The molecule has 0 N–H and O–H groups in total. The van der Waals surface area contributed by atoms with Crippen LogP contribution in [0.5, 0.6) is 0 Å². The highest BCUT2D eigenvalue weighted by Crippen LogP contribution is 2.41. The first-order chi connectivity index (χ1) is 15.0. The van der Waals surface area contributed by atoms with Gasteiger partial charge in [-0.1, -0.05) is 20.8 Å². The van der Waals surface area contributed by atoms with Gasteiger partial charge in [-0.3, -0.25) is 0 Å². The summed E-state index contributed by atoms with van der Waals surface area (Å²) in [6.07, 6.45) is 4.49. The first-order valence-electron chi connectivity index (χ1n) is 11.5. The zero-order chi connectivity index (χ0) is 21.5. The van der Waals surface area contributed by atoms with Crippen LogP contribution in [0.4, 0.5) is 15.9 Å². The van der Waals surface area contributed by atoms with E-state index in [0.717, 1.165) is 62.3 Å². The molecule has 6 heteroatoms. The number of hydrogen-bond acceptors (Lipinski definition) is 5. The molecule has 0 radical (unpaired) electrons. The summed E-state index contributed by atoms with van der Waals surface area (Å²) in [7, 11) is 0. The van der Waals surface area contributed by atoms with Crippen molar-refractivity contribution in [1.82, 2.24) is 9.97 Å². The van der Waals surface area contributed by atoms with Crippen molar-refractivity contribution >= 4 is 33.1 Å². The Kier molecular flexibility index (Phi) is 5.59. The lowest BCUT2D eigenvalue weighted by Gasteiger charge is -2.37. The van der Waals surface area contributed by atoms with Crippen molar-refractivity contribution in [2.24, 2.45) is 11.8 Å². The largest absolute Gasteiger partial charge is 0.368 e. The predicted molar refractivity (Wildman–Crippen MR) is 128 cm³/mol. The van der Waals surface area contributed by atoms with Crippen molar-refractivity contribution in [2.75, 3.05) is 36.0 Å². The topological polar surface area (TPSA) is 32.3 Å². The minimum atomic E-state index is -0.181. The number of fused-ring (bicyclic) bond motifs is 3. The maximum absolute atomic E-state index is 13.3. The quantitative estimate of drug-likeness (QED) is 0.540. The van der Waals surface area contributed by atoms with E-state index in [1.807, 2.05) is 23.5 Å². The van der Waals surface area contributed by atoms with Gasteiger partial charge in [0.1, 0.15) is 22.3 Å². The van der Waals surface area contributed by atoms with E-state index < -0.39 is 0 Å². The second kappa shape index (κ2) is 8.38. The van der Waals surface area contributed by atoms with Crippen molar-refractivity contribution in [2.45, 2.75) is 46.5 Å². The van der Waals surface area contributed by atoms with Gasteiger partial charge in [-0.05, 0) is 60.9 Å². The summed E-state index contributed by atoms with van der Waals surface area (Å²) in [6.45, 7) is 10.5. The fourth-order valence-corrected chi connectivity index (χ4v) is 6.28. The van der Waals surface area contributed by atoms with Crippen LogP contribution in [0.3, 0.4) is 0 Å². The predicted octanol–water partition coefficient (Wildman–Crippen LogP) is 5.48. The number of aromatic nitrogens is 2. The van der Waals surface area contributed by atoms with Crippen LogP contribution in [0, 0.1) is 17.7 Å². The zero-order valence-electron chi connectivity index (χ0n) is 18.7. The molecule has 5 rings (SSSR count). The Morgan fingerprint density at radius 2 is 1.77 bits per heavy atom. The van der Waals surface area contributed by atoms with Crippen LogP contribution in [-0.2, 0) is 19.3 Å². The van der Waals surface area contributed by atoms with Gasteiger partial charge in [0.25, 0.3) is 0 Å². The van der Waals surface area contributed by atoms with Gasteiger partial charge in [-0.2, -0.15) is 0 Å². The number of benzene rings is 1. The average Bonchev–Trinajstić information content (AvgIpc) is 3.10. The fourth-order valence-electron chi connectivity index (χ4n) is 4.88. The van der Waals surface area contributed by atoms with Crippen LogP contribution in [0.1, 0.15) is 43.5 Å². The molecular weight excluding hydrogens is 407 g/mol. The van der Waals surface area contributed by atoms with E-state index in [9.17, 15) is 4.39 Å². The smallest absolute Gasteiger partial charge is 0.141 e. The number of aryl methyl sites for hydroxylation is 1. The maximum atomic E-state index is 13.3. The van der Waals surface area contributed by atoms with Crippen molar-refractivity contribution in [3.05, 3.63) is 46.3 Å². The molecule has 0 bridgehead atoms. The molecule has 164 valence electrons. The third-order valence-corrected chi connectivity index (χ3v) is 7.69. The van der Waals surface area contributed by atoms with Crippen LogP contribution < -0.4 is 9.80 Å². The van der Waals surface area contributed by atoms with Gasteiger partial charge >= 0.3 is 0 Å². The molecule has 1 aromatic carbocycles. The Labute approximate surface area is 188 Å². The molecule has 1 atom stereocenters. The number of hydrogen-bond donors (Lipinski definition) is 0. The Morgan fingerprint density at radius 1 is 1.06 bits per heavy atom. The number of nitrogens with zero attached hydrogens (tertiary/aromatic N) is 4. The Balaban J connectivity index is 1.47. The molecule has 4 nitrogen and oxygen atoms in total. The summed E-state index contributed by atoms with van der Waals surface area (Å²) >= 11 is 1.90. The van der Waals surface area contributed by atoms with Gasteiger partial charge in [0.2, 0.25) is 0 Å². The van der Waals surface area contributed by atoms with Crippen molar-refractivity contribution in [3.63, 3.8) is 0 Å². The highest BCUT2D eigenvalue weighted by Gasteiger charge is 2.27. The third-order valence-electron chi connectivity index (χ3n) is 6.54. The average molecular weight is 439 g/mol. The Morgan fingerprint density at radius 3 is 2.48 bits per heavy atom. The number of rotatable bonds is 4. The van der Waals surface area contributed by atoms with Crippen molar-refractivity contribution in [1.29, 1.82) is 0 Å². The zero-order valence-corrected chi connectivity index (χ0v) is 19.5. The molecule has 1 saturated heterocycles. The molecule has 3 heterocycles. The second-order valence-electron chi connectivity index (χ2n) is 9.54. The summed E-state index contributed by atoms with van der Waals surface area (Å²) in [5, 5.41) is 1.31. The standard InChI is InChI=1S/C25H31FN4S/c1-16(2)14-22-27-24(23-20-9-4-17(3)15-21(20)31-25(23)28-22)30-12-10-29(11-13-30)19-7-5-18(26)6-8-19/h5-8,16-17H,4,9-15H2,1-3H3. The van der Waals surface area contributed by atoms with Crippen molar-refractivity contribution < 1.29 is 4.39 Å². The summed E-state index contributed by atoms with van der Waals surface area (Å²) in [4.78, 5) is 17.6. The molecule has 1 unspecified atom stereocenters. The molecule has 1 fully saturated rings. The van der Waals surface area contributed by atoms with Gasteiger partial charge in [0, 0.05) is 43.2 Å². The highest BCUT2D eigenvalue weighted by atomic mass is 32.1. The number of piperazine rings is 1. The van der Waals surface area contributed by atoms with Crippen LogP contribution in [0.2, 0.25) is 0 Å². The molecule has 1 aliphatic heterocycles. The van der Waals surface area contributed by atoms with E-state index in [1.54, 1.807) is 12.1 Å². The SMILES string of the molecule is CC(C)Cc1nc(N2CCN(c3ccc(F)cc3)CC2)c2c3c(sc2n1)CC(C)CC3. The van der Waals surface area contributed by atoms with Gasteiger partial charge in [0.15, 0.2) is 0 Å². The van der Waals surface area contributed by atoms with Gasteiger partial charge in [-0.25, -0.2) is 14.4 Å². The summed E-state index contributed by atoms with van der Waals surface area (Å²) in [6, 6.07) is 6.86. The number of halogens is 1. The molecule has 3 aromatic rings. The monoisotopic (exact) mass is 438 g/mol. The normalized spacial score (nSPS) is 19.3. The van der Waals surface area contributed by atoms with Gasteiger partial charge < -0.3 is 9.80 Å². The lowest BCUT2D eigenvalue weighted by Crippen LogP contribution is -2.47. The minimum absolute atomic E-state index is 0.181. The van der Waals surface area contributed by atoms with E-state index in [0.29, 0.717) is 5.92 Å². The molecule has 31 heavy (non-hydrogen) atoms. The first kappa shape index (κ1) is 20.7. The van der Waals surface area contributed by atoms with Crippen LogP contribution in [0.25, 0.3) is 10.2 Å². The van der Waals surface area contributed by atoms with E-state index in [4.69, 9.17) is 9.97 Å². The highest BCUT2D eigenvalue weighted by molar-refractivity contribution is 7.19. The van der Waals surface area contributed by atoms with Crippen LogP contribution in [-0.4, -0.2) is 36.1 Å². The Hall–Kier alpha value is -2.21. The van der Waals surface area contributed by atoms with E-state index >= 15 is 0 Å². The molecule has 0 saturated carbocycles. The second-order valence-corrected chi connectivity index (χ2v) is 10.6. The summed E-state index contributed by atoms with van der Waals surface area (Å²) < 4.78 is 13.3. The van der Waals surface area contributed by atoms with Crippen LogP contribution >= 0.6 is 11.3 Å².